The third kappa shape index (κ3) is 5.83. The molecule has 0 radical (unpaired) electrons. The molecule has 2 aromatic carbocycles. The second-order valence-electron chi connectivity index (χ2n) is 8.85. The van der Waals surface area contributed by atoms with Crippen molar-refractivity contribution in [1.29, 1.82) is 0 Å². The van der Waals surface area contributed by atoms with E-state index in [1.165, 1.54) is 22.3 Å². The Morgan fingerprint density at radius 3 is 2.46 bits per heavy atom. The highest BCUT2D eigenvalue weighted by Crippen LogP contribution is 2.31. The van der Waals surface area contributed by atoms with Crippen molar-refractivity contribution in [3.8, 4) is 5.75 Å². The molecule has 2 heterocycles. The molecular formula is C31H31BrN2O. The van der Waals surface area contributed by atoms with E-state index in [-0.39, 0.29) is 0 Å². The van der Waals surface area contributed by atoms with Gasteiger partial charge in [-0.25, -0.2) is 4.99 Å². The van der Waals surface area contributed by atoms with Gasteiger partial charge in [-0.3, -0.25) is 0 Å². The third-order valence-corrected chi connectivity index (χ3v) is 6.81. The fourth-order valence-corrected chi connectivity index (χ4v) is 4.60. The Labute approximate surface area is 217 Å². The molecule has 4 heteroatoms. The zero-order valence-electron chi connectivity index (χ0n) is 21.0. The van der Waals surface area contributed by atoms with E-state index in [0.717, 1.165) is 45.0 Å². The van der Waals surface area contributed by atoms with Gasteiger partial charge in [0.05, 0.1) is 18.5 Å². The minimum absolute atomic E-state index is 0.842. The molecule has 0 spiro atoms. The first-order valence-electron chi connectivity index (χ1n) is 11.7. The van der Waals surface area contributed by atoms with E-state index in [1.807, 2.05) is 24.3 Å². The summed E-state index contributed by atoms with van der Waals surface area (Å²) in [5.41, 5.74) is 10.1. The van der Waals surface area contributed by atoms with Crippen LogP contribution in [0.2, 0.25) is 0 Å². The van der Waals surface area contributed by atoms with Gasteiger partial charge in [-0.05, 0) is 97.5 Å². The summed E-state index contributed by atoms with van der Waals surface area (Å²) in [4.78, 5) is 7.18. The summed E-state index contributed by atoms with van der Waals surface area (Å²) in [6.45, 7) is 6.47. The fraction of sp³-hybridized carbons (Fsp3) is 0.194. The number of halogens is 1. The van der Waals surface area contributed by atoms with Crippen LogP contribution in [0, 0.1) is 13.8 Å². The highest BCUT2D eigenvalue weighted by atomic mass is 79.9. The zero-order chi connectivity index (χ0) is 24.9. The Morgan fingerprint density at radius 2 is 1.74 bits per heavy atom. The lowest BCUT2D eigenvalue weighted by atomic mass is 10.0. The number of nitrogens with zero attached hydrogens (tertiary/aromatic N) is 2. The van der Waals surface area contributed by atoms with Crippen molar-refractivity contribution in [1.82, 2.24) is 4.90 Å². The third-order valence-electron chi connectivity index (χ3n) is 6.22. The first-order chi connectivity index (χ1) is 16.9. The molecule has 0 saturated heterocycles. The molecule has 178 valence electrons. The van der Waals surface area contributed by atoms with E-state index >= 15 is 0 Å². The topological polar surface area (TPSA) is 24.8 Å². The molecular weight excluding hydrogens is 496 g/mol. The van der Waals surface area contributed by atoms with E-state index < -0.39 is 0 Å². The number of benzene rings is 2. The Balaban J connectivity index is 1.76. The molecule has 35 heavy (non-hydrogen) atoms. The van der Waals surface area contributed by atoms with Crippen LogP contribution in [-0.2, 0) is 0 Å². The maximum atomic E-state index is 5.29. The van der Waals surface area contributed by atoms with Gasteiger partial charge in [0.2, 0.25) is 0 Å². The number of hydrogen-bond acceptors (Lipinski definition) is 3. The van der Waals surface area contributed by atoms with Crippen molar-refractivity contribution in [3.63, 3.8) is 0 Å². The van der Waals surface area contributed by atoms with Crippen LogP contribution < -0.4 is 4.74 Å². The lowest BCUT2D eigenvalue weighted by Gasteiger charge is -2.27. The molecule has 0 aliphatic carbocycles. The standard InChI is InChI=1S/C31H31BrN2O/c1-21-9-16-28(23(3)19-21)30-18-12-25(32)8-6-7-22(2)31(34(30)4)20-26-13-17-29(33-26)24-10-14-27(35-5)15-11-24/h6-7,9-20H,8H2,1-5H3/b7-6-,25-12+,26-20-,30-18+,31-22+. The van der Waals surface area contributed by atoms with Crippen molar-refractivity contribution in [2.45, 2.75) is 27.2 Å². The minimum Gasteiger partial charge on any atom is -0.497 e. The fourth-order valence-electron chi connectivity index (χ4n) is 4.28. The van der Waals surface area contributed by atoms with Gasteiger partial charge in [-0.2, -0.15) is 0 Å². The Bertz CT molecular complexity index is 1330. The van der Waals surface area contributed by atoms with Crippen molar-refractivity contribution in [2.75, 3.05) is 14.2 Å². The highest BCUT2D eigenvalue weighted by molar-refractivity contribution is 9.11. The molecule has 4 rings (SSSR count). The molecule has 0 N–H and O–H groups in total. The molecule has 0 bridgehead atoms. The van der Waals surface area contributed by atoms with E-state index in [4.69, 9.17) is 9.73 Å². The predicted molar refractivity (Wildman–Crippen MR) is 152 cm³/mol. The van der Waals surface area contributed by atoms with Crippen molar-refractivity contribution in [2.24, 2.45) is 4.99 Å². The van der Waals surface area contributed by atoms with Gasteiger partial charge in [0.15, 0.2) is 0 Å². The normalized spacial score (nSPS) is 23.4. The maximum Gasteiger partial charge on any atom is 0.118 e. The first-order valence-corrected chi connectivity index (χ1v) is 12.5. The monoisotopic (exact) mass is 526 g/mol. The van der Waals surface area contributed by atoms with Crippen LogP contribution in [0.25, 0.3) is 5.70 Å². The number of likely N-dealkylation sites (N-methyl/N-ethyl adjacent to an activating group) is 1. The molecule has 2 aliphatic rings. The van der Waals surface area contributed by atoms with E-state index in [2.05, 4.69) is 109 Å². The molecule has 2 aliphatic heterocycles. The largest absolute Gasteiger partial charge is 0.497 e. The summed E-state index contributed by atoms with van der Waals surface area (Å²) in [5.74, 6) is 0.842. The van der Waals surface area contributed by atoms with Gasteiger partial charge in [0.1, 0.15) is 5.75 Å². The summed E-state index contributed by atoms with van der Waals surface area (Å²) >= 11 is 3.71. The minimum atomic E-state index is 0.842. The lowest BCUT2D eigenvalue weighted by molar-refractivity contribution is 0.415. The summed E-state index contributed by atoms with van der Waals surface area (Å²) < 4.78 is 6.43. The molecule has 0 aromatic heterocycles. The second kappa shape index (κ2) is 10.9. The average molecular weight is 528 g/mol. The summed E-state index contributed by atoms with van der Waals surface area (Å²) in [7, 11) is 3.81. The van der Waals surface area contributed by atoms with Crippen molar-refractivity contribution >= 4 is 27.3 Å². The van der Waals surface area contributed by atoms with Crippen LogP contribution >= 0.6 is 15.9 Å². The van der Waals surface area contributed by atoms with E-state index in [0.29, 0.717) is 0 Å². The quantitative estimate of drug-likeness (QED) is 0.402. The molecule has 0 unspecified atom stereocenters. The lowest BCUT2D eigenvalue weighted by Crippen LogP contribution is -2.17. The van der Waals surface area contributed by atoms with Crippen molar-refractivity contribution < 1.29 is 4.74 Å². The zero-order valence-corrected chi connectivity index (χ0v) is 22.6. The Morgan fingerprint density at radius 1 is 0.971 bits per heavy atom. The van der Waals surface area contributed by atoms with Gasteiger partial charge in [-0.15, -0.1) is 0 Å². The maximum absolute atomic E-state index is 5.29. The SMILES string of the molecule is COc1ccc(C2=N\C(=C/C3=C(C)\C=C/C/C(Br)=C\C=C(/c4ccc(C)cc4C)N3C)C=C2)cc1. The number of aliphatic imine (C=N–C) groups is 1. The molecule has 0 atom stereocenters. The predicted octanol–water partition coefficient (Wildman–Crippen LogP) is 8.04. The number of rotatable bonds is 4. The van der Waals surface area contributed by atoms with Crippen LogP contribution in [0.5, 0.6) is 5.75 Å². The van der Waals surface area contributed by atoms with Gasteiger partial charge in [-0.1, -0.05) is 51.8 Å². The van der Waals surface area contributed by atoms with Gasteiger partial charge >= 0.3 is 0 Å². The second-order valence-corrected chi connectivity index (χ2v) is 9.86. The molecule has 0 saturated carbocycles. The molecule has 0 amide bonds. The van der Waals surface area contributed by atoms with Crippen LogP contribution in [0.1, 0.15) is 35.6 Å². The summed E-state index contributed by atoms with van der Waals surface area (Å²) in [6, 6.07) is 14.6. The van der Waals surface area contributed by atoms with Crippen LogP contribution in [0.15, 0.2) is 111 Å². The van der Waals surface area contributed by atoms with Crippen molar-refractivity contribution in [3.05, 3.63) is 129 Å². The molecule has 0 fully saturated rings. The van der Waals surface area contributed by atoms with Gasteiger partial charge in [0.25, 0.3) is 0 Å². The number of ether oxygens (including phenoxy) is 1. The number of aryl methyl sites for hydroxylation is 2. The number of hydrogen-bond donors (Lipinski definition) is 0. The Kier molecular flexibility index (Phi) is 7.72. The average Bonchev–Trinajstić information content (AvgIpc) is 3.31. The van der Waals surface area contributed by atoms with Crippen LogP contribution in [0.4, 0.5) is 0 Å². The molecule has 3 nitrogen and oxygen atoms in total. The van der Waals surface area contributed by atoms with Crippen LogP contribution in [-0.4, -0.2) is 24.8 Å². The number of methoxy groups -OCH3 is 1. The number of allylic oxidation sites excluding steroid dienone is 9. The van der Waals surface area contributed by atoms with Gasteiger partial charge in [0, 0.05) is 29.6 Å². The molecule has 2 aromatic rings. The van der Waals surface area contributed by atoms with Gasteiger partial charge < -0.3 is 9.64 Å². The summed E-state index contributed by atoms with van der Waals surface area (Å²) in [6.07, 6.45) is 15.9. The highest BCUT2D eigenvalue weighted by Gasteiger charge is 2.17. The summed E-state index contributed by atoms with van der Waals surface area (Å²) in [5, 5.41) is 0. The Hall–Kier alpha value is -3.37. The van der Waals surface area contributed by atoms with Crippen LogP contribution in [0.3, 0.4) is 0 Å². The smallest absolute Gasteiger partial charge is 0.118 e. The van der Waals surface area contributed by atoms with E-state index in [9.17, 15) is 0 Å². The van der Waals surface area contributed by atoms with E-state index in [1.54, 1.807) is 7.11 Å². The first kappa shape index (κ1) is 24.7.